The Kier molecular flexibility index (Phi) is 8.21. The van der Waals surface area contributed by atoms with Crippen molar-refractivity contribution in [3.8, 4) is 0 Å². The van der Waals surface area contributed by atoms with E-state index in [0.29, 0.717) is 22.9 Å². The molecule has 9 nitrogen and oxygen atoms in total. The molecular formula is C29H24F6N6O3. The van der Waals surface area contributed by atoms with Crippen LogP contribution < -0.4 is 21.7 Å². The smallest absolute Gasteiger partial charge is 0.383 e. The Morgan fingerprint density at radius 1 is 1.07 bits per heavy atom. The first-order valence-corrected chi connectivity index (χ1v) is 13.3. The van der Waals surface area contributed by atoms with E-state index in [0.717, 1.165) is 22.9 Å². The zero-order valence-corrected chi connectivity index (χ0v) is 22.7. The van der Waals surface area contributed by atoms with Gasteiger partial charge in [0.25, 0.3) is 11.8 Å². The maximum Gasteiger partial charge on any atom is 0.435 e. The monoisotopic (exact) mass is 618 g/mol. The van der Waals surface area contributed by atoms with Gasteiger partial charge in [0.2, 0.25) is 5.91 Å². The van der Waals surface area contributed by atoms with Gasteiger partial charge in [-0.3, -0.25) is 19.1 Å². The highest BCUT2D eigenvalue weighted by Crippen LogP contribution is 2.34. The van der Waals surface area contributed by atoms with Crippen LogP contribution in [0.1, 0.15) is 43.2 Å². The molecule has 1 aromatic heterocycles. The van der Waals surface area contributed by atoms with Crippen molar-refractivity contribution < 1.29 is 40.7 Å². The molecule has 44 heavy (non-hydrogen) atoms. The fourth-order valence-corrected chi connectivity index (χ4v) is 5.24. The normalized spacial score (nSPS) is 15.4. The summed E-state index contributed by atoms with van der Waals surface area (Å²) in [5.41, 5.74) is 3.92. The van der Waals surface area contributed by atoms with E-state index < -0.39 is 70.8 Å². The summed E-state index contributed by atoms with van der Waals surface area (Å²) in [6.45, 7) is -0.411. The SMILES string of the molecule is NC(=O)c1cc(C2=C([C@H](Cc3cc(F)cc(F)c3)NC(=O)Cn3nc(C(F)(F)F)c4c3CCNC4=O)NCC=C2)ccc1F. The molecule has 15 heteroatoms. The third-order valence-corrected chi connectivity index (χ3v) is 7.07. The summed E-state index contributed by atoms with van der Waals surface area (Å²) >= 11 is 0. The number of halogens is 6. The lowest BCUT2D eigenvalue weighted by molar-refractivity contribution is -0.142. The molecule has 3 heterocycles. The molecular weight excluding hydrogens is 594 g/mol. The number of carbonyl (C=O) groups excluding carboxylic acids is 3. The first kappa shape index (κ1) is 30.4. The minimum Gasteiger partial charge on any atom is -0.383 e. The Morgan fingerprint density at radius 3 is 2.48 bits per heavy atom. The highest BCUT2D eigenvalue weighted by Gasteiger charge is 2.42. The van der Waals surface area contributed by atoms with E-state index in [1.807, 2.05) is 0 Å². The Balaban J connectivity index is 1.54. The van der Waals surface area contributed by atoms with Gasteiger partial charge in [-0.2, -0.15) is 18.3 Å². The molecule has 5 N–H and O–H groups in total. The second-order valence-corrected chi connectivity index (χ2v) is 10.1. The van der Waals surface area contributed by atoms with E-state index in [1.165, 1.54) is 12.1 Å². The molecule has 2 aliphatic rings. The predicted molar refractivity (Wildman–Crippen MR) is 144 cm³/mol. The van der Waals surface area contributed by atoms with Gasteiger partial charge >= 0.3 is 6.18 Å². The zero-order valence-electron chi connectivity index (χ0n) is 22.7. The average Bonchev–Trinajstić information content (AvgIpc) is 3.32. The van der Waals surface area contributed by atoms with E-state index in [4.69, 9.17) is 5.73 Å². The molecule has 5 rings (SSSR count). The number of primary amides is 1. The van der Waals surface area contributed by atoms with Crippen molar-refractivity contribution in [3.05, 3.63) is 105 Å². The third kappa shape index (κ3) is 6.31. The topological polar surface area (TPSA) is 131 Å². The van der Waals surface area contributed by atoms with E-state index in [2.05, 4.69) is 21.0 Å². The number of benzene rings is 2. The predicted octanol–water partition coefficient (Wildman–Crippen LogP) is 3.00. The Bertz CT molecular complexity index is 1710. The van der Waals surface area contributed by atoms with Gasteiger partial charge in [-0.1, -0.05) is 18.2 Å². The number of aromatic nitrogens is 2. The van der Waals surface area contributed by atoms with Gasteiger partial charge in [0.15, 0.2) is 5.69 Å². The van der Waals surface area contributed by atoms with Crippen LogP contribution >= 0.6 is 0 Å². The second kappa shape index (κ2) is 11.9. The minimum absolute atomic E-state index is 0.00214. The number of amides is 3. The maximum atomic E-state index is 14.2. The molecule has 0 saturated heterocycles. The molecule has 3 aromatic rings. The second-order valence-electron chi connectivity index (χ2n) is 10.1. The molecule has 0 unspecified atom stereocenters. The molecule has 2 aromatic carbocycles. The number of carbonyl (C=O) groups is 3. The molecule has 0 bridgehead atoms. The lowest BCUT2D eigenvalue weighted by Crippen LogP contribution is -2.44. The highest BCUT2D eigenvalue weighted by molar-refractivity contribution is 5.98. The maximum absolute atomic E-state index is 14.2. The van der Waals surface area contributed by atoms with Crippen molar-refractivity contribution in [1.82, 2.24) is 25.7 Å². The summed E-state index contributed by atoms with van der Waals surface area (Å²) in [4.78, 5) is 37.4. The number of fused-ring (bicyclic) bond motifs is 1. The van der Waals surface area contributed by atoms with E-state index in [-0.39, 0.29) is 37.2 Å². The molecule has 0 spiro atoms. The van der Waals surface area contributed by atoms with Gasteiger partial charge in [-0.25, -0.2) is 13.2 Å². The van der Waals surface area contributed by atoms with E-state index in [9.17, 15) is 40.7 Å². The summed E-state index contributed by atoms with van der Waals surface area (Å²) in [5.74, 6) is -5.40. The van der Waals surface area contributed by atoms with Crippen LogP contribution in [0.3, 0.4) is 0 Å². The largest absolute Gasteiger partial charge is 0.435 e. The minimum atomic E-state index is -4.96. The number of alkyl halides is 3. The van der Waals surface area contributed by atoms with Crippen LogP contribution in [0.25, 0.3) is 5.57 Å². The number of rotatable bonds is 8. The van der Waals surface area contributed by atoms with Crippen molar-refractivity contribution in [2.75, 3.05) is 13.1 Å². The summed E-state index contributed by atoms with van der Waals surface area (Å²) in [7, 11) is 0. The molecule has 0 saturated carbocycles. The van der Waals surface area contributed by atoms with Crippen LogP contribution in [0.5, 0.6) is 0 Å². The van der Waals surface area contributed by atoms with E-state index >= 15 is 0 Å². The van der Waals surface area contributed by atoms with Gasteiger partial charge in [0, 0.05) is 36.8 Å². The van der Waals surface area contributed by atoms with Gasteiger partial charge in [0.1, 0.15) is 24.0 Å². The quantitative estimate of drug-likeness (QED) is 0.289. The Morgan fingerprint density at radius 2 is 1.80 bits per heavy atom. The van der Waals surface area contributed by atoms with Crippen LogP contribution in [0.2, 0.25) is 0 Å². The molecule has 3 amide bonds. The summed E-state index contributed by atoms with van der Waals surface area (Å²) in [6, 6.07) is 5.35. The molecule has 0 aliphatic carbocycles. The van der Waals surface area contributed by atoms with Crippen LogP contribution in [-0.4, -0.2) is 46.6 Å². The van der Waals surface area contributed by atoms with Gasteiger partial charge < -0.3 is 21.7 Å². The summed E-state index contributed by atoms with van der Waals surface area (Å²) in [5, 5.41) is 11.6. The van der Waals surface area contributed by atoms with Gasteiger partial charge in [-0.05, 0) is 41.8 Å². The van der Waals surface area contributed by atoms with Crippen molar-refractivity contribution in [1.29, 1.82) is 0 Å². The van der Waals surface area contributed by atoms with Crippen LogP contribution in [0.15, 0.2) is 54.2 Å². The molecule has 2 aliphatic heterocycles. The van der Waals surface area contributed by atoms with Crippen molar-refractivity contribution in [3.63, 3.8) is 0 Å². The van der Waals surface area contributed by atoms with Gasteiger partial charge in [0.05, 0.1) is 22.9 Å². The third-order valence-electron chi connectivity index (χ3n) is 7.07. The molecule has 1 atom stereocenters. The molecule has 0 fully saturated rings. The van der Waals surface area contributed by atoms with Crippen LogP contribution in [0.4, 0.5) is 26.3 Å². The first-order chi connectivity index (χ1) is 20.8. The lowest BCUT2D eigenvalue weighted by atomic mass is 9.92. The number of hydrogen-bond donors (Lipinski definition) is 4. The van der Waals surface area contributed by atoms with Crippen LogP contribution in [-0.2, 0) is 30.4 Å². The zero-order chi connectivity index (χ0) is 31.8. The van der Waals surface area contributed by atoms with E-state index in [1.54, 1.807) is 12.2 Å². The number of dihydropyridines is 1. The lowest BCUT2D eigenvalue weighted by Gasteiger charge is -2.28. The number of nitrogens with one attached hydrogen (secondary N) is 3. The standard InChI is InChI=1S/C29H24F6N6O3/c30-16-8-14(9-17(31)12-16)10-21(25-18(2-1-6-37-25)15-3-4-20(32)19(11-15)27(36)43)39-23(42)13-41-22-5-7-38-28(44)24(22)26(40-41)29(33,34)35/h1-4,8-9,11-12,21,37H,5-7,10,13H2,(H2,36,43)(H,38,44)(H,39,42)/t21-/m0/s1. The van der Waals surface area contributed by atoms with Crippen molar-refractivity contribution >= 4 is 23.3 Å². The Hall–Kier alpha value is -5.08. The van der Waals surface area contributed by atoms with Gasteiger partial charge in [-0.15, -0.1) is 0 Å². The highest BCUT2D eigenvalue weighted by atomic mass is 19.4. The van der Waals surface area contributed by atoms with Crippen molar-refractivity contribution in [2.45, 2.75) is 31.6 Å². The molecule has 0 radical (unpaired) electrons. The first-order valence-electron chi connectivity index (χ1n) is 13.3. The average molecular weight is 619 g/mol. The summed E-state index contributed by atoms with van der Waals surface area (Å²) < 4.78 is 84.2. The number of hydrogen-bond acceptors (Lipinski definition) is 5. The Labute approximate surface area is 245 Å². The number of allylic oxidation sites excluding steroid dienone is 2. The van der Waals surface area contributed by atoms with Crippen molar-refractivity contribution in [2.24, 2.45) is 5.73 Å². The fourth-order valence-electron chi connectivity index (χ4n) is 5.24. The number of nitrogens with two attached hydrogens (primary N) is 1. The van der Waals surface area contributed by atoms with Crippen LogP contribution in [0, 0.1) is 17.5 Å². The molecule has 230 valence electrons. The fraction of sp³-hybridized carbons (Fsp3) is 0.241. The number of nitrogens with zero attached hydrogens (tertiary/aromatic N) is 2. The summed E-state index contributed by atoms with van der Waals surface area (Å²) in [6.07, 6.45) is -1.81.